The maximum atomic E-state index is 3.48. The van der Waals surface area contributed by atoms with Gasteiger partial charge in [0.2, 0.25) is 0 Å². The summed E-state index contributed by atoms with van der Waals surface area (Å²) < 4.78 is 0. The second-order valence-electron chi connectivity index (χ2n) is 3.77. The summed E-state index contributed by atoms with van der Waals surface area (Å²) in [6, 6.07) is 0. The maximum Gasteiger partial charge on any atom is 0.0420 e. The van der Waals surface area contributed by atoms with E-state index in [-0.39, 0.29) is 0 Å². The van der Waals surface area contributed by atoms with Crippen molar-refractivity contribution < 1.29 is 0 Å². The number of hydrogen-bond acceptors (Lipinski definition) is 0. The average molecular weight is 171 g/mol. The van der Waals surface area contributed by atoms with E-state index in [9.17, 15) is 0 Å². The first-order chi connectivity index (χ1) is 6.45. The minimum Gasteiger partial charge on any atom is -0.355 e. The first-order valence-electron chi connectivity index (χ1n) is 5.03. The number of nitrogens with one attached hydrogen (secondary N) is 1. The fourth-order valence-electron chi connectivity index (χ4n) is 2.29. The van der Waals surface area contributed by atoms with Crippen molar-refractivity contribution in [3.8, 4) is 0 Å². The summed E-state index contributed by atoms with van der Waals surface area (Å²) in [7, 11) is 0. The Kier molecular flexibility index (Phi) is 1.45. The molecule has 1 heteroatoms. The fourth-order valence-corrected chi connectivity index (χ4v) is 2.29. The second kappa shape index (κ2) is 2.63. The smallest absolute Gasteiger partial charge is 0.0420 e. The summed E-state index contributed by atoms with van der Waals surface area (Å²) in [6.45, 7) is 0. The minimum absolute atomic E-state index is 1.19. The molecule has 0 saturated carbocycles. The van der Waals surface area contributed by atoms with E-state index < -0.39 is 0 Å². The van der Waals surface area contributed by atoms with Gasteiger partial charge in [0.1, 0.15) is 0 Å². The third-order valence-electron chi connectivity index (χ3n) is 2.92. The zero-order valence-electron chi connectivity index (χ0n) is 7.64. The highest BCUT2D eigenvalue weighted by Crippen LogP contribution is 2.13. The van der Waals surface area contributed by atoms with Gasteiger partial charge in [-0.2, -0.15) is 0 Å². The molecule has 0 fully saturated rings. The normalized spacial score (nSPS) is 18.5. The Bertz CT molecular complexity index is 474. The van der Waals surface area contributed by atoms with Crippen LogP contribution in [0.3, 0.4) is 0 Å². The SMILES string of the molecule is C1=Cc2[nH]c3c(c2CC1)=CCCC=3. The molecule has 66 valence electrons. The molecule has 3 rings (SSSR count). The van der Waals surface area contributed by atoms with E-state index in [4.69, 9.17) is 0 Å². The Morgan fingerprint density at radius 3 is 3.00 bits per heavy atom. The summed E-state index contributed by atoms with van der Waals surface area (Å²) >= 11 is 0. The lowest BCUT2D eigenvalue weighted by molar-refractivity contribution is 0.975. The zero-order chi connectivity index (χ0) is 8.67. The lowest BCUT2D eigenvalue weighted by atomic mass is 10.0. The predicted molar refractivity (Wildman–Crippen MR) is 55.6 cm³/mol. The molecule has 0 unspecified atom stereocenters. The molecule has 0 amide bonds. The molecule has 1 nitrogen and oxygen atoms in total. The summed E-state index contributed by atoms with van der Waals surface area (Å²) in [5.74, 6) is 0. The van der Waals surface area contributed by atoms with Crippen LogP contribution < -0.4 is 10.6 Å². The number of H-pyrrole nitrogens is 1. The van der Waals surface area contributed by atoms with Gasteiger partial charge in [-0.1, -0.05) is 18.2 Å². The van der Waals surface area contributed by atoms with Gasteiger partial charge >= 0.3 is 0 Å². The zero-order valence-corrected chi connectivity index (χ0v) is 7.64. The molecule has 0 atom stereocenters. The highest BCUT2D eigenvalue weighted by molar-refractivity contribution is 5.56. The van der Waals surface area contributed by atoms with E-state index >= 15 is 0 Å². The number of fused-ring (bicyclic) bond motifs is 3. The Labute approximate surface area is 77.5 Å². The van der Waals surface area contributed by atoms with Crippen LogP contribution in [0.4, 0.5) is 0 Å². The number of aromatic amines is 1. The molecule has 0 aromatic carbocycles. The van der Waals surface area contributed by atoms with E-state index in [1.807, 2.05) is 0 Å². The van der Waals surface area contributed by atoms with Crippen molar-refractivity contribution in [2.45, 2.75) is 25.7 Å². The number of allylic oxidation sites excluding steroid dienone is 1. The van der Waals surface area contributed by atoms with E-state index in [0.717, 1.165) is 0 Å². The van der Waals surface area contributed by atoms with E-state index in [1.165, 1.54) is 47.5 Å². The molecule has 13 heavy (non-hydrogen) atoms. The Morgan fingerprint density at radius 1 is 1.08 bits per heavy atom. The van der Waals surface area contributed by atoms with Gasteiger partial charge in [-0.05, 0) is 42.5 Å². The molecule has 0 saturated heterocycles. The predicted octanol–water partition coefficient (Wildman–Crippen LogP) is 1.33. The fraction of sp³-hybridized carbons (Fsp3) is 0.333. The topological polar surface area (TPSA) is 15.8 Å². The minimum atomic E-state index is 1.19. The van der Waals surface area contributed by atoms with Crippen LogP contribution in [0.15, 0.2) is 6.08 Å². The van der Waals surface area contributed by atoms with Crippen molar-refractivity contribution in [2.75, 3.05) is 0 Å². The van der Waals surface area contributed by atoms with Crippen LogP contribution in [-0.4, -0.2) is 4.98 Å². The van der Waals surface area contributed by atoms with E-state index in [1.54, 1.807) is 0 Å². The van der Waals surface area contributed by atoms with E-state index in [2.05, 4.69) is 29.3 Å². The summed E-state index contributed by atoms with van der Waals surface area (Å²) in [5.41, 5.74) is 2.87. The van der Waals surface area contributed by atoms with Gasteiger partial charge in [0, 0.05) is 11.0 Å². The Hall–Kier alpha value is -1.24. The lowest BCUT2D eigenvalue weighted by Crippen LogP contribution is -2.26. The van der Waals surface area contributed by atoms with E-state index in [0.29, 0.717) is 0 Å². The van der Waals surface area contributed by atoms with Gasteiger partial charge < -0.3 is 4.98 Å². The maximum absolute atomic E-state index is 3.48. The van der Waals surface area contributed by atoms with Crippen LogP contribution in [0.25, 0.3) is 18.2 Å². The summed E-state index contributed by atoms with van der Waals surface area (Å²) in [6.07, 6.45) is 14.0. The van der Waals surface area contributed by atoms with Gasteiger partial charge in [0.05, 0.1) is 0 Å². The van der Waals surface area contributed by atoms with Crippen LogP contribution in [-0.2, 0) is 6.42 Å². The van der Waals surface area contributed by atoms with Crippen LogP contribution in [0.2, 0.25) is 0 Å². The van der Waals surface area contributed by atoms with Gasteiger partial charge in [-0.15, -0.1) is 0 Å². The molecule has 1 aromatic heterocycles. The molecule has 0 spiro atoms. The molecule has 1 N–H and O–H groups in total. The number of rotatable bonds is 0. The third kappa shape index (κ3) is 0.998. The largest absolute Gasteiger partial charge is 0.355 e. The van der Waals surface area contributed by atoms with Crippen molar-refractivity contribution >= 4 is 18.2 Å². The first-order valence-corrected chi connectivity index (χ1v) is 5.03. The summed E-state index contributed by atoms with van der Waals surface area (Å²) in [5, 5.41) is 2.83. The van der Waals surface area contributed by atoms with Crippen molar-refractivity contribution in [1.82, 2.24) is 4.98 Å². The molecule has 0 radical (unpaired) electrons. The lowest BCUT2D eigenvalue weighted by Gasteiger charge is -2.03. The van der Waals surface area contributed by atoms with Crippen LogP contribution >= 0.6 is 0 Å². The molecular weight excluding hydrogens is 158 g/mol. The molecule has 2 aliphatic rings. The van der Waals surface area contributed by atoms with Crippen molar-refractivity contribution in [3.05, 3.63) is 27.9 Å². The monoisotopic (exact) mass is 171 g/mol. The van der Waals surface area contributed by atoms with Crippen LogP contribution in [0.1, 0.15) is 30.5 Å². The van der Waals surface area contributed by atoms with Gasteiger partial charge in [-0.3, -0.25) is 0 Å². The first kappa shape index (κ1) is 7.19. The van der Waals surface area contributed by atoms with Gasteiger partial charge in [-0.25, -0.2) is 0 Å². The highest BCUT2D eigenvalue weighted by atomic mass is 14.7. The standard InChI is InChI=1S/C12H13N/c1-3-7-11-9(5-1)10-6-2-4-8-12(10)13-11/h3,6-8,13H,1-2,4-5H2. The third-order valence-corrected chi connectivity index (χ3v) is 2.92. The highest BCUT2D eigenvalue weighted by Gasteiger charge is 2.09. The Morgan fingerprint density at radius 2 is 2.00 bits per heavy atom. The van der Waals surface area contributed by atoms with Crippen LogP contribution in [0, 0.1) is 0 Å². The molecule has 0 aliphatic heterocycles. The molecule has 1 heterocycles. The van der Waals surface area contributed by atoms with Gasteiger partial charge in [0.15, 0.2) is 0 Å². The summed E-state index contributed by atoms with van der Waals surface area (Å²) in [4.78, 5) is 3.48. The Balaban J connectivity index is 2.40. The molecule has 0 bridgehead atoms. The quantitative estimate of drug-likeness (QED) is 0.606. The van der Waals surface area contributed by atoms with Crippen molar-refractivity contribution in [3.63, 3.8) is 0 Å². The molecule has 1 aromatic rings. The van der Waals surface area contributed by atoms with Crippen LogP contribution in [0.5, 0.6) is 0 Å². The van der Waals surface area contributed by atoms with Crippen molar-refractivity contribution in [2.24, 2.45) is 0 Å². The average Bonchev–Trinajstić information content (AvgIpc) is 2.56. The molecular formula is C12H13N. The molecule has 2 aliphatic carbocycles. The second-order valence-corrected chi connectivity index (χ2v) is 3.77. The van der Waals surface area contributed by atoms with Gasteiger partial charge in [0.25, 0.3) is 0 Å². The van der Waals surface area contributed by atoms with Crippen molar-refractivity contribution in [1.29, 1.82) is 0 Å². The number of aromatic nitrogens is 1. The number of hydrogen-bond donors (Lipinski definition) is 1.